The average molecular weight is 333 g/mol. The van der Waals surface area contributed by atoms with Crippen molar-refractivity contribution in [2.75, 3.05) is 21.3 Å². The molecule has 0 aliphatic rings. The molecule has 0 bridgehead atoms. The first kappa shape index (κ1) is 17.5. The molecule has 0 saturated heterocycles. The Morgan fingerprint density at radius 2 is 1.61 bits per heavy atom. The molecule has 0 atom stereocenters. The van der Waals surface area contributed by atoms with E-state index in [4.69, 9.17) is 19.9 Å². The average Bonchev–Trinajstić information content (AvgIpc) is 2.59. The number of ether oxygens (including phenoxy) is 3. The Balaban J connectivity index is 2.34. The summed E-state index contributed by atoms with van der Waals surface area (Å²) in [7, 11) is 4.83. The van der Waals surface area contributed by atoms with E-state index in [1.165, 1.54) is 11.1 Å². The van der Waals surface area contributed by atoms with E-state index in [0.29, 0.717) is 23.8 Å². The minimum Gasteiger partial charge on any atom is -0.493 e. The number of aryl methyl sites for hydroxylation is 1. The monoisotopic (exact) mass is 333 g/mol. The summed E-state index contributed by atoms with van der Waals surface area (Å²) >= 11 is 1.71. The van der Waals surface area contributed by atoms with Crippen molar-refractivity contribution in [3.63, 3.8) is 0 Å². The van der Waals surface area contributed by atoms with Gasteiger partial charge in [-0.3, -0.25) is 0 Å². The van der Waals surface area contributed by atoms with Gasteiger partial charge in [0.05, 0.1) is 21.3 Å². The molecule has 2 rings (SSSR count). The Kier molecular flexibility index (Phi) is 6.19. The fourth-order valence-corrected chi connectivity index (χ4v) is 3.42. The Morgan fingerprint density at radius 3 is 2.13 bits per heavy atom. The van der Waals surface area contributed by atoms with E-state index in [9.17, 15) is 0 Å². The molecule has 0 aromatic heterocycles. The second kappa shape index (κ2) is 8.13. The maximum atomic E-state index is 5.94. The molecule has 4 nitrogen and oxygen atoms in total. The van der Waals surface area contributed by atoms with Gasteiger partial charge in [0, 0.05) is 22.8 Å². The zero-order valence-electron chi connectivity index (χ0n) is 14.0. The molecule has 0 amide bonds. The molecule has 124 valence electrons. The zero-order valence-corrected chi connectivity index (χ0v) is 14.8. The highest BCUT2D eigenvalue weighted by Gasteiger charge is 2.20. The van der Waals surface area contributed by atoms with Crippen molar-refractivity contribution in [1.82, 2.24) is 0 Å². The summed E-state index contributed by atoms with van der Waals surface area (Å²) in [5.41, 5.74) is 9.39. The number of methoxy groups -OCH3 is 3. The first-order valence-electron chi connectivity index (χ1n) is 7.34. The van der Waals surface area contributed by atoms with Gasteiger partial charge in [-0.15, -0.1) is 11.8 Å². The summed E-state index contributed by atoms with van der Waals surface area (Å²) in [6.45, 7) is 2.46. The molecule has 2 N–H and O–H groups in total. The largest absolute Gasteiger partial charge is 0.493 e. The lowest BCUT2D eigenvalue weighted by molar-refractivity contribution is 0.320. The quantitative estimate of drug-likeness (QED) is 0.782. The number of hydrogen-bond donors (Lipinski definition) is 1. The van der Waals surface area contributed by atoms with Gasteiger partial charge in [-0.25, -0.2) is 0 Å². The number of thioether (sulfide) groups is 1. The van der Waals surface area contributed by atoms with Crippen molar-refractivity contribution in [2.24, 2.45) is 5.73 Å². The van der Waals surface area contributed by atoms with Crippen LogP contribution < -0.4 is 19.9 Å². The Labute approximate surface area is 141 Å². The van der Waals surface area contributed by atoms with Gasteiger partial charge in [0.15, 0.2) is 11.5 Å². The van der Waals surface area contributed by atoms with E-state index in [1.807, 2.05) is 6.07 Å². The van der Waals surface area contributed by atoms with Gasteiger partial charge in [-0.05, 0) is 18.6 Å². The number of hydrogen-bond acceptors (Lipinski definition) is 5. The molecule has 0 fully saturated rings. The lowest BCUT2D eigenvalue weighted by Crippen LogP contribution is -2.05. The van der Waals surface area contributed by atoms with Crippen LogP contribution in [0.5, 0.6) is 17.2 Å². The molecule has 0 spiro atoms. The van der Waals surface area contributed by atoms with Gasteiger partial charge in [0.2, 0.25) is 5.75 Å². The Hall–Kier alpha value is -1.85. The van der Waals surface area contributed by atoms with Crippen molar-refractivity contribution < 1.29 is 14.2 Å². The molecule has 0 radical (unpaired) electrons. The van der Waals surface area contributed by atoms with Crippen LogP contribution in [-0.4, -0.2) is 21.3 Å². The van der Waals surface area contributed by atoms with Crippen LogP contribution in [-0.2, 0) is 12.3 Å². The number of benzene rings is 2. The van der Waals surface area contributed by atoms with Gasteiger partial charge in [-0.2, -0.15) is 0 Å². The van der Waals surface area contributed by atoms with E-state index < -0.39 is 0 Å². The van der Waals surface area contributed by atoms with E-state index in [1.54, 1.807) is 33.1 Å². The first-order valence-corrected chi connectivity index (χ1v) is 8.33. The molecule has 0 aliphatic carbocycles. The zero-order chi connectivity index (χ0) is 16.8. The molecule has 0 heterocycles. The summed E-state index contributed by atoms with van der Waals surface area (Å²) < 4.78 is 16.4. The summed E-state index contributed by atoms with van der Waals surface area (Å²) in [4.78, 5) is 1.04. The normalized spacial score (nSPS) is 10.5. The predicted molar refractivity (Wildman–Crippen MR) is 94.7 cm³/mol. The van der Waals surface area contributed by atoms with Crippen molar-refractivity contribution >= 4 is 11.8 Å². The van der Waals surface area contributed by atoms with Gasteiger partial charge < -0.3 is 19.9 Å². The van der Waals surface area contributed by atoms with Crippen LogP contribution in [0.1, 0.15) is 16.7 Å². The van der Waals surface area contributed by atoms with Crippen molar-refractivity contribution in [3.05, 3.63) is 47.0 Å². The standard InChI is InChI=1S/C18H23NO3S/c1-12-5-7-13(8-6-12)11-23-16-9-15(20-2)18(22-4)17(21-3)14(16)10-19/h5-9H,10-11,19H2,1-4H3. The van der Waals surface area contributed by atoms with Crippen LogP contribution in [0, 0.1) is 6.92 Å². The Morgan fingerprint density at radius 1 is 0.957 bits per heavy atom. The summed E-state index contributed by atoms with van der Waals surface area (Å²) in [5, 5.41) is 0. The highest BCUT2D eigenvalue weighted by atomic mass is 32.2. The lowest BCUT2D eigenvalue weighted by atomic mass is 10.1. The number of rotatable bonds is 7. The van der Waals surface area contributed by atoms with Gasteiger partial charge in [0.1, 0.15) is 0 Å². The number of nitrogens with two attached hydrogens (primary N) is 1. The van der Waals surface area contributed by atoms with Crippen LogP contribution >= 0.6 is 11.8 Å². The molecule has 0 saturated carbocycles. The van der Waals surface area contributed by atoms with Crippen LogP contribution in [0.25, 0.3) is 0 Å². The lowest BCUT2D eigenvalue weighted by Gasteiger charge is -2.18. The predicted octanol–water partition coefficient (Wildman–Crippen LogP) is 3.77. The van der Waals surface area contributed by atoms with Crippen molar-refractivity contribution in [1.29, 1.82) is 0 Å². The highest BCUT2D eigenvalue weighted by Crippen LogP contribution is 2.45. The van der Waals surface area contributed by atoms with E-state index in [0.717, 1.165) is 16.2 Å². The third-order valence-corrected chi connectivity index (χ3v) is 4.76. The first-order chi connectivity index (χ1) is 11.1. The van der Waals surface area contributed by atoms with Gasteiger partial charge in [-0.1, -0.05) is 29.8 Å². The van der Waals surface area contributed by atoms with Gasteiger partial charge >= 0.3 is 0 Å². The highest BCUT2D eigenvalue weighted by molar-refractivity contribution is 7.98. The minimum absolute atomic E-state index is 0.375. The fraction of sp³-hybridized carbons (Fsp3) is 0.333. The van der Waals surface area contributed by atoms with E-state index in [-0.39, 0.29) is 0 Å². The van der Waals surface area contributed by atoms with Crippen molar-refractivity contribution in [2.45, 2.75) is 24.1 Å². The SMILES string of the molecule is COc1cc(SCc2ccc(C)cc2)c(CN)c(OC)c1OC. The van der Waals surface area contributed by atoms with Crippen molar-refractivity contribution in [3.8, 4) is 17.2 Å². The summed E-state index contributed by atoms with van der Waals surface area (Å²) in [5.74, 6) is 2.72. The van der Waals surface area contributed by atoms with Gasteiger partial charge in [0.25, 0.3) is 0 Å². The molecule has 0 unspecified atom stereocenters. The fourth-order valence-electron chi connectivity index (χ4n) is 2.36. The minimum atomic E-state index is 0.375. The summed E-state index contributed by atoms with van der Waals surface area (Å²) in [6.07, 6.45) is 0. The maximum absolute atomic E-state index is 5.94. The third-order valence-electron chi connectivity index (χ3n) is 3.61. The second-order valence-corrected chi connectivity index (χ2v) is 6.12. The van der Waals surface area contributed by atoms with E-state index >= 15 is 0 Å². The molecule has 0 aliphatic heterocycles. The van der Waals surface area contributed by atoms with Crippen LogP contribution in [0.3, 0.4) is 0 Å². The molecule has 2 aromatic rings. The maximum Gasteiger partial charge on any atom is 0.203 e. The molecular weight excluding hydrogens is 310 g/mol. The molecular formula is C18H23NO3S. The van der Waals surface area contributed by atoms with Crippen LogP contribution in [0.15, 0.2) is 35.2 Å². The van der Waals surface area contributed by atoms with Crippen LogP contribution in [0.4, 0.5) is 0 Å². The third kappa shape index (κ3) is 3.92. The topological polar surface area (TPSA) is 53.7 Å². The summed E-state index contributed by atoms with van der Waals surface area (Å²) in [6, 6.07) is 10.5. The smallest absolute Gasteiger partial charge is 0.203 e. The second-order valence-electron chi connectivity index (χ2n) is 5.10. The molecule has 2 aromatic carbocycles. The Bertz CT molecular complexity index is 656. The molecule has 5 heteroatoms. The van der Waals surface area contributed by atoms with E-state index in [2.05, 4.69) is 31.2 Å². The molecule has 23 heavy (non-hydrogen) atoms. The van der Waals surface area contributed by atoms with Crippen LogP contribution in [0.2, 0.25) is 0 Å².